The number of aliphatic imine (C=N–C) groups is 1. The van der Waals surface area contributed by atoms with Gasteiger partial charge < -0.3 is 38.6 Å². The monoisotopic (exact) mass is 376 g/mol. The number of piperidine rings is 1. The molecule has 0 aromatic carbocycles. The van der Waals surface area contributed by atoms with Crippen molar-refractivity contribution < 1.29 is 9.18 Å². The first-order valence-corrected chi connectivity index (χ1v) is 8.34. The second kappa shape index (κ2) is 8.79. The zero-order valence-electron chi connectivity index (χ0n) is 14.8. The fraction of sp³-hybridized carbons (Fsp3) is 0.294. The zero-order chi connectivity index (χ0) is 20.0. The first kappa shape index (κ1) is 19.9. The highest BCUT2D eigenvalue weighted by molar-refractivity contribution is 6.27. The molecule has 11 N–H and O–H groups in total. The van der Waals surface area contributed by atoms with Gasteiger partial charge >= 0.3 is 0 Å². The van der Waals surface area contributed by atoms with E-state index in [-0.39, 0.29) is 23.7 Å². The average Bonchev–Trinajstić information content (AvgIpc) is 3.14. The van der Waals surface area contributed by atoms with Gasteiger partial charge in [0.2, 0.25) is 0 Å². The van der Waals surface area contributed by atoms with Crippen molar-refractivity contribution in [3.63, 3.8) is 0 Å². The van der Waals surface area contributed by atoms with Gasteiger partial charge in [-0.15, -0.1) is 0 Å². The summed E-state index contributed by atoms with van der Waals surface area (Å²) in [5.41, 5.74) is 28.3. The number of nitrogens with two attached hydrogens (primary N) is 5. The van der Waals surface area contributed by atoms with Gasteiger partial charge in [0.15, 0.2) is 0 Å². The minimum atomic E-state index is -1.30. The van der Waals surface area contributed by atoms with Crippen molar-refractivity contribution in [1.82, 2.24) is 9.88 Å². The largest absolute Gasteiger partial charge is 0.404 e. The Balaban J connectivity index is 2.23. The predicted molar refractivity (Wildman–Crippen MR) is 102 cm³/mol. The smallest absolute Gasteiger partial charge is 0.252 e. The highest BCUT2D eigenvalue weighted by atomic mass is 19.1. The minimum Gasteiger partial charge on any atom is -0.404 e. The molecule has 0 unspecified atom stereocenters. The normalized spacial score (nSPS) is 21.8. The van der Waals surface area contributed by atoms with Crippen molar-refractivity contribution in [3.8, 4) is 0 Å². The lowest BCUT2D eigenvalue weighted by Gasteiger charge is -2.34. The highest BCUT2D eigenvalue weighted by Crippen LogP contribution is 2.21. The number of alkyl halides is 1. The molecule has 1 aromatic rings. The van der Waals surface area contributed by atoms with Crippen LogP contribution >= 0.6 is 0 Å². The molecule has 0 radical (unpaired) electrons. The Morgan fingerprint density at radius 3 is 2.56 bits per heavy atom. The predicted octanol–water partition coefficient (Wildman–Crippen LogP) is -0.897. The number of rotatable bonds is 6. The lowest BCUT2D eigenvalue weighted by atomic mass is 10.0. The maximum atomic E-state index is 14.8. The summed E-state index contributed by atoms with van der Waals surface area (Å²) in [6.45, 7) is 0.524. The maximum Gasteiger partial charge on any atom is 0.252 e. The first-order valence-electron chi connectivity index (χ1n) is 8.34. The van der Waals surface area contributed by atoms with E-state index < -0.39 is 18.1 Å². The number of amides is 1. The van der Waals surface area contributed by atoms with Gasteiger partial charge in [-0.1, -0.05) is 0 Å². The van der Waals surface area contributed by atoms with Gasteiger partial charge in [-0.2, -0.15) is 0 Å². The molecule has 1 aliphatic rings. The Bertz CT molecular complexity index is 777. The van der Waals surface area contributed by atoms with Gasteiger partial charge in [-0.3, -0.25) is 9.79 Å². The number of hydrogen-bond donors (Lipinski definition) is 6. The van der Waals surface area contributed by atoms with E-state index in [0.717, 1.165) is 6.20 Å². The van der Waals surface area contributed by atoms with Crippen LogP contribution in [0.2, 0.25) is 0 Å². The van der Waals surface area contributed by atoms with Crippen LogP contribution in [0.3, 0.4) is 0 Å². The second-order valence-corrected chi connectivity index (χ2v) is 6.08. The number of halogens is 1. The Morgan fingerprint density at radius 2 is 2.04 bits per heavy atom. The summed E-state index contributed by atoms with van der Waals surface area (Å²) in [6, 6.07) is 2.77. The zero-order valence-corrected chi connectivity index (χ0v) is 14.8. The van der Waals surface area contributed by atoms with Gasteiger partial charge in [-0.05, 0) is 30.7 Å². The van der Waals surface area contributed by atoms with E-state index in [1.165, 1.54) is 12.2 Å². The van der Waals surface area contributed by atoms with E-state index in [4.69, 9.17) is 28.7 Å². The third-order valence-corrected chi connectivity index (χ3v) is 4.15. The highest BCUT2D eigenvalue weighted by Gasteiger charge is 2.30. The van der Waals surface area contributed by atoms with Crippen molar-refractivity contribution in [3.05, 3.63) is 59.6 Å². The number of allylic oxidation sites excluding steroid dienone is 2. The summed E-state index contributed by atoms with van der Waals surface area (Å²) in [5, 5.41) is 0. The van der Waals surface area contributed by atoms with Crippen LogP contribution in [-0.2, 0) is 4.79 Å². The molecular weight excluding hydrogens is 351 g/mol. The van der Waals surface area contributed by atoms with E-state index in [1.807, 2.05) is 0 Å². The molecule has 1 aromatic heterocycles. The standard InChI is InChI=1S/C17H25FN8O/c18-11-9-26(15(22)4-3-14(20)21)7-5-12(11)25-16(10(8-19)17(23)27)13-2-1-6-24-13/h1-4,6,8,11-12,24H,5,7,9,19-22H2,(H2,23,27)/b10-8?,15-4+,25-16?/t11-,12+/m0/s1. The van der Waals surface area contributed by atoms with Crippen LogP contribution in [0, 0.1) is 0 Å². The number of carbonyl (C=O) groups is 1. The molecule has 0 bridgehead atoms. The molecule has 1 fully saturated rings. The SMILES string of the molecule is NC=C(C(N)=O)C(=N[C@@H]1CCN(/C(N)=C/C=C(N)N)C[C@@H]1F)c1ccc[nH]1. The lowest BCUT2D eigenvalue weighted by Crippen LogP contribution is -2.45. The molecule has 10 heteroatoms. The van der Waals surface area contributed by atoms with Crippen molar-refractivity contribution in [2.75, 3.05) is 13.1 Å². The maximum absolute atomic E-state index is 14.8. The molecule has 2 heterocycles. The average molecular weight is 376 g/mol. The van der Waals surface area contributed by atoms with Crippen LogP contribution in [0.4, 0.5) is 4.39 Å². The molecule has 146 valence electrons. The third kappa shape index (κ3) is 5.03. The minimum absolute atomic E-state index is 0.0232. The molecule has 0 aliphatic carbocycles. The van der Waals surface area contributed by atoms with E-state index >= 15 is 0 Å². The summed E-state index contributed by atoms with van der Waals surface area (Å²) in [5.74, 6) is -0.271. The summed E-state index contributed by atoms with van der Waals surface area (Å²) < 4.78 is 14.8. The number of aromatic amines is 1. The topological polar surface area (TPSA) is 179 Å². The van der Waals surface area contributed by atoms with Gasteiger partial charge in [0.1, 0.15) is 6.17 Å². The Morgan fingerprint density at radius 1 is 1.30 bits per heavy atom. The second-order valence-electron chi connectivity index (χ2n) is 6.08. The quantitative estimate of drug-likeness (QED) is 0.213. The van der Waals surface area contributed by atoms with Crippen LogP contribution in [0.5, 0.6) is 0 Å². The number of aromatic nitrogens is 1. The molecule has 1 saturated heterocycles. The van der Waals surface area contributed by atoms with Gasteiger partial charge in [0, 0.05) is 18.9 Å². The Labute approximate surface area is 156 Å². The fourth-order valence-corrected chi connectivity index (χ4v) is 2.76. The van der Waals surface area contributed by atoms with Crippen LogP contribution < -0.4 is 28.7 Å². The van der Waals surface area contributed by atoms with Crippen molar-refractivity contribution in [1.29, 1.82) is 0 Å². The molecule has 1 amide bonds. The fourth-order valence-electron chi connectivity index (χ4n) is 2.76. The van der Waals surface area contributed by atoms with E-state index in [0.29, 0.717) is 24.5 Å². The van der Waals surface area contributed by atoms with Gasteiger partial charge in [-0.25, -0.2) is 4.39 Å². The van der Waals surface area contributed by atoms with Crippen molar-refractivity contribution in [2.24, 2.45) is 33.7 Å². The summed E-state index contributed by atoms with van der Waals surface area (Å²) in [6.07, 6.45) is 4.80. The van der Waals surface area contributed by atoms with E-state index in [1.54, 1.807) is 23.2 Å². The Hall–Kier alpha value is -3.43. The number of primary amides is 1. The molecule has 2 atom stereocenters. The number of carbonyl (C=O) groups excluding carboxylic acids is 1. The van der Waals surface area contributed by atoms with Gasteiger partial charge in [0.05, 0.1) is 41.2 Å². The summed E-state index contributed by atoms with van der Waals surface area (Å²) in [4.78, 5) is 20.7. The van der Waals surface area contributed by atoms with Crippen LogP contribution in [-0.4, -0.2) is 46.8 Å². The number of nitrogens with zero attached hydrogens (tertiary/aromatic N) is 2. The van der Waals surface area contributed by atoms with Crippen molar-refractivity contribution >= 4 is 11.6 Å². The lowest BCUT2D eigenvalue weighted by molar-refractivity contribution is -0.114. The molecule has 1 aliphatic heterocycles. The van der Waals surface area contributed by atoms with Gasteiger partial charge in [0.25, 0.3) is 5.91 Å². The van der Waals surface area contributed by atoms with Crippen LogP contribution in [0.15, 0.2) is 58.9 Å². The first-order chi connectivity index (χ1) is 12.8. The van der Waals surface area contributed by atoms with Crippen LogP contribution in [0.1, 0.15) is 12.1 Å². The number of likely N-dealkylation sites (tertiary alicyclic amines) is 1. The van der Waals surface area contributed by atoms with Crippen molar-refractivity contribution in [2.45, 2.75) is 18.6 Å². The molecule has 9 nitrogen and oxygen atoms in total. The molecule has 2 rings (SSSR count). The number of H-pyrrole nitrogens is 1. The number of nitrogens with one attached hydrogen (secondary N) is 1. The molecule has 0 saturated carbocycles. The Kier molecular flexibility index (Phi) is 6.47. The van der Waals surface area contributed by atoms with E-state index in [9.17, 15) is 9.18 Å². The van der Waals surface area contributed by atoms with Crippen LogP contribution in [0.25, 0.3) is 0 Å². The molecule has 0 spiro atoms. The molecule has 27 heavy (non-hydrogen) atoms. The van der Waals surface area contributed by atoms with E-state index in [2.05, 4.69) is 9.98 Å². The molecular formula is C17H25FN8O. The summed E-state index contributed by atoms with van der Waals surface area (Å²) in [7, 11) is 0. The number of hydrogen-bond acceptors (Lipinski definition) is 7. The third-order valence-electron chi connectivity index (χ3n) is 4.15. The summed E-state index contributed by atoms with van der Waals surface area (Å²) >= 11 is 0.